The number of nitrogens with one attached hydrogen (secondary N) is 1. The van der Waals surface area contributed by atoms with Gasteiger partial charge in [0.25, 0.3) is 0 Å². The lowest BCUT2D eigenvalue weighted by atomic mass is 9.80. The van der Waals surface area contributed by atoms with Gasteiger partial charge in [0.2, 0.25) is 0 Å². The van der Waals surface area contributed by atoms with Crippen molar-refractivity contribution in [3.8, 4) is 5.75 Å². The summed E-state index contributed by atoms with van der Waals surface area (Å²) in [5.41, 5.74) is -0.0915. The Bertz CT molecular complexity index is 487. The molecule has 0 amide bonds. The van der Waals surface area contributed by atoms with Crippen LogP contribution in [-0.2, 0) is 11.4 Å². The number of rotatable bonds is 6. The molecule has 5 heteroatoms. The molecule has 2 unspecified atom stereocenters. The Labute approximate surface area is 124 Å². The Morgan fingerprint density at radius 3 is 3.00 bits per heavy atom. The monoisotopic (exact) mass is 293 g/mol. The van der Waals surface area contributed by atoms with Crippen LogP contribution in [0.4, 0.5) is 0 Å². The number of carboxylic acid groups (broad SMARTS) is 1. The topological polar surface area (TPSA) is 78.8 Å². The van der Waals surface area contributed by atoms with Crippen LogP contribution in [0.2, 0.25) is 0 Å². The molecule has 2 rings (SSSR count). The molecule has 0 radical (unpaired) electrons. The number of aliphatic hydroxyl groups excluding tert-OH is 1. The number of carbonyl (C=O) groups is 1. The highest BCUT2D eigenvalue weighted by atomic mass is 16.5. The molecule has 5 nitrogen and oxygen atoms in total. The molecule has 2 atom stereocenters. The summed E-state index contributed by atoms with van der Waals surface area (Å²) in [6.07, 6.45) is 2.64. The fourth-order valence-corrected chi connectivity index (χ4v) is 3.00. The van der Waals surface area contributed by atoms with Gasteiger partial charge in [-0.1, -0.05) is 19.1 Å². The Hall–Kier alpha value is -1.59. The molecule has 1 saturated carbocycles. The zero-order chi connectivity index (χ0) is 15.3. The van der Waals surface area contributed by atoms with E-state index >= 15 is 0 Å². The SMILES string of the molecule is CCNC1(C(=O)O)CCCC(Oc2cccc(CO)c2)C1. The first-order valence-electron chi connectivity index (χ1n) is 7.44. The molecule has 0 aromatic heterocycles. The highest BCUT2D eigenvalue weighted by Gasteiger charge is 2.43. The van der Waals surface area contributed by atoms with E-state index in [0.29, 0.717) is 25.1 Å². The molecule has 0 heterocycles. The van der Waals surface area contributed by atoms with Gasteiger partial charge in [0.05, 0.1) is 6.61 Å². The van der Waals surface area contributed by atoms with Crippen LogP contribution in [0.1, 0.15) is 38.2 Å². The number of hydrogen-bond acceptors (Lipinski definition) is 4. The number of aliphatic hydroxyl groups is 1. The average molecular weight is 293 g/mol. The van der Waals surface area contributed by atoms with Crippen LogP contribution in [-0.4, -0.2) is 34.4 Å². The van der Waals surface area contributed by atoms with E-state index in [-0.39, 0.29) is 12.7 Å². The van der Waals surface area contributed by atoms with E-state index in [1.54, 1.807) is 6.07 Å². The summed E-state index contributed by atoms with van der Waals surface area (Å²) in [4.78, 5) is 11.6. The molecule has 1 fully saturated rings. The van der Waals surface area contributed by atoms with Crippen LogP contribution in [0.3, 0.4) is 0 Å². The summed E-state index contributed by atoms with van der Waals surface area (Å²) in [6.45, 7) is 2.51. The van der Waals surface area contributed by atoms with Gasteiger partial charge < -0.3 is 20.3 Å². The lowest BCUT2D eigenvalue weighted by Crippen LogP contribution is -2.56. The van der Waals surface area contributed by atoms with Crippen molar-refractivity contribution in [3.63, 3.8) is 0 Å². The van der Waals surface area contributed by atoms with Gasteiger partial charge >= 0.3 is 5.97 Å². The van der Waals surface area contributed by atoms with Crippen molar-refractivity contribution in [1.82, 2.24) is 5.32 Å². The van der Waals surface area contributed by atoms with Gasteiger partial charge in [0.1, 0.15) is 17.4 Å². The number of aliphatic carboxylic acids is 1. The van der Waals surface area contributed by atoms with Crippen LogP contribution in [0.5, 0.6) is 5.75 Å². The predicted octanol–water partition coefficient (Wildman–Crippen LogP) is 1.93. The van der Waals surface area contributed by atoms with Crippen molar-refractivity contribution < 1.29 is 19.7 Å². The summed E-state index contributed by atoms with van der Waals surface area (Å²) in [6, 6.07) is 7.29. The first-order valence-corrected chi connectivity index (χ1v) is 7.44. The predicted molar refractivity (Wildman–Crippen MR) is 79.3 cm³/mol. The Balaban J connectivity index is 2.08. The zero-order valence-corrected chi connectivity index (χ0v) is 12.3. The van der Waals surface area contributed by atoms with Gasteiger partial charge in [-0.2, -0.15) is 0 Å². The highest BCUT2D eigenvalue weighted by Crippen LogP contribution is 2.31. The molecule has 0 saturated heterocycles. The van der Waals surface area contributed by atoms with E-state index in [9.17, 15) is 9.90 Å². The van der Waals surface area contributed by atoms with Crippen molar-refractivity contribution in [2.24, 2.45) is 0 Å². The minimum atomic E-state index is -0.883. The maximum atomic E-state index is 11.6. The second-order valence-electron chi connectivity index (χ2n) is 5.56. The molecular formula is C16H23NO4. The first-order chi connectivity index (χ1) is 10.1. The van der Waals surface area contributed by atoms with Crippen molar-refractivity contribution in [1.29, 1.82) is 0 Å². The number of carboxylic acids is 1. The number of hydrogen-bond donors (Lipinski definition) is 3. The second kappa shape index (κ2) is 6.91. The molecule has 1 aliphatic carbocycles. The fourth-order valence-electron chi connectivity index (χ4n) is 3.00. The number of benzene rings is 1. The molecule has 116 valence electrons. The molecule has 1 aromatic carbocycles. The van der Waals surface area contributed by atoms with E-state index in [1.165, 1.54) is 0 Å². The smallest absolute Gasteiger partial charge is 0.324 e. The summed E-state index contributed by atoms with van der Waals surface area (Å²) in [7, 11) is 0. The normalized spacial score (nSPS) is 25.5. The average Bonchev–Trinajstić information content (AvgIpc) is 2.48. The minimum Gasteiger partial charge on any atom is -0.490 e. The summed E-state index contributed by atoms with van der Waals surface area (Å²) >= 11 is 0. The Kier molecular flexibility index (Phi) is 5.20. The molecule has 0 bridgehead atoms. The van der Waals surface area contributed by atoms with E-state index in [0.717, 1.165) is 18.4 Å². The van der Waals surface area contributed by atoms with E-state index in [2.05, 4.69) is 5.32 Å². The molecule has 0 aliphatic heterocycles. The molecule has 0 spiro atoms. The van der Waals surface area contributed by atoms with Gasteiger partial charge in [-0.25, -0.2) is 0 Å². The second-order valence-corrected chi connectivity index (χ2v) is 5.56. The summed E-state index contributed by atoms with van der Waals surface area (Å²) in [5, 5.41) is 21.8. The highest BCUT2D eigenvalue weighted by molar-refractivity contribution is 5.79. The lowest BCUT2D eigenvalue weighted by molar-refractivity contribution is -0.147. The van der Waals surface area contributed by atoms with Gasteiger partial charge in [-0.15, -0.1) is 0 Å². The zero-order valence-electron chi connectivity index (χ0n) is 12.3. The number of ether oxygens (including phenoxy) is 1. The third kappa shape index (κ3) is 3.74. The van der Waals surface area contributed by atoms with Crippen molar-refractivity contribution in [3.05, 3.63) is 29.8 Å². The van der Waals surface area contributed by atoms with Crippen LogP contribution >= 0.6 is 0 Å². The van der Waals surface area contributed by atoms with E-state index in [1.807, 2.05) is 25.1 Å². The minimum absolute atomic E-state index is 0.0294. The Morgan fingerprint density at radius 2 is 2.33 bits per heavy atom. The first kappa shape index (κ1) is 15.8. The standard InChI is InChI=1S/C16H23NO4/c1-2-17-16(15(19)20)8-4-7-14(10-16)21-13-6-3-5-12(9-13)11-18/h3,5-6,9,14,17-18H,2,4,7-8,10-11H2,1H3,(H,19,20). The van der Waals surface area contributed by atoms with E-state index in [4.69, 9.17) is 9.84 Å². The lowest BCUT2D eigenvalue weighted by Gasteiger charge is -2.38. The summed E-state index contributed by atoms with van der Waals surface area (Å²) in [5.74, 6) is -0.119. The van der Waals surface area contributed by atoms with E-state index < -0.39 is 11.5 Å². The molecule has 1 aliphatic rings. The number of likely N-dealkylation sites (N-methyl/N-ethyl adjacent to an activating group) is 1. The van der Waals surface area contributed by atoms with Crippen molar-refractivity contribution in [2.45, 2.75) is 50.9 Å². The van der Waals surface area contributed by atoms with Crippen LogP contribution < -0.4 is 10.1 Å². The molecule has 1 aromatic rings. The third-order valence-corrected chi connectivity index (χ3v) is 4.01. The third-order valence-electron chi connectivity index (χ3n) is 4.01. The van der Waals surface area contributed by atoms with Gasteiger partial charge in [0.15, 0.2) is 0 Å². The molecule has 21 heavy (non-hydrogen) atoms. The van der Waals surface area contributed by atoms with Crippen LogP contribution in [0.15, 0.2) is 24.3 Å². The van der Waals surface area contributed by atoms with Gasteiger partial charge in [-0.05, 0) is 43.5 Å². The maximum Gasteiger partial charge on any atom is 0.324 e. The quantitative estimate of drug-likeness (QED) is 0.747. The maximum absolute atomic E-state index is 11.6. The van der Waals surface area contributed by atoms with Crippen LogP contribution in [0, 0.1) is 0 Å². The largest absolute Gasteiger partial charge is 0.490 e. The van der Waals surface area contributed by atoms with Crippen molar-refractivity contribution in [2.75, 3.05) is 6.54 Å². The van der Waals surface area contributed by atoms with Gasteiger partial charge in [-0.3, -0.25) is 4.79 Å². The molecule has 3 N–H and O–H groups in total. The fraction of sp³-hybridized carbons (Fsp3) is 0.562. The van der Waals surface area contributed by atoms with Gasteiger partial charge in [0, 0.05) is 6.42 Å². The van der Waals surface area contributed by atoms with Crippen molar-refractivity contribution >= 4 is 5.97 Å². The van der Waals surface area contributed by atoms with Crippen LogP contribution in [0.25, 0.3) is 0 Å². The Morgan fingerprint density at radius 1 is 1.52 bits per heavy atom. The molecular weight excluding hydrogens is 270 g/mol. The summed E-state index contributed by atoms with van der Waals surface area (Å²) < 4.78 is 5.94.